The van der Waals surface area contributed by atoms with Crippen LogP contribution in [0.4, 0.5) is 5.69 Å². The zero-order chi connectivity index (χ0) is 15.4. The van der Waals surface area contributed by atoms with Gasteiger partial charge in [0.05, 0.1) is 16.9 Å². The van der Waals surface area contributed by atoms with Gasteiger partial charge in [-0.25, -0.2) is 4.99 Å². The second-order valence-electron chi connectivity index (χ2n) is 4.36. The molecule has 2 heterocycles. The molecule has 0 aliphatic carbocycles. The van der Waals surface area contributed by atoms with E-state index in [1.54, 1.807) is 54.8 Å². The van der Waals surface area contributed by atoms with Gasteiger partial charge < -0.3 is 9.73 Å². The van der Waals surface area contributed by atoms with Crippen LogP contribution in [0.2, 0.25) is 5.02 Å². The number of benzene rings is 1. The van der Waals surface area contributed by atoms with Crippen LogP contribution in [0.1, 0.15) is 5.76 Å². The Hall–Kier alpha value is -2.24. The second kappa shape index (κ2) is 6.68. The summed E-state index contributed by atoms with van der Waals surface area (Å²) in [4.78, 5) is 16.8. The van der Waals surface area contributed by atoms with Crippen molar-refractivity contribution in [2.75, 3.05) is 0 Å². The topological polar surface area (TPSA) is 54.6 Å². The van der Waals surface area contributed by atoms with Crippen LogP contribution in [0.3, 0.4) is 0 Å². The lowest BCUT2D eigenvalue weighted by atomic mass is 10.3. The molecule has 1 amide bonds. The lowest BCUT2D eigenvalue weighted by molar-refractivity contribution is -0.115. The van der Waals surface area contributed by atoms with Gasteiger partial charge in [-0.15, -0.1) is 0 Å². The number of halogens is 1. The highest BCUT2D eigenvalue weighted by molar-refractivity contribution is 8.18. The highest BCUT2D eigenvalue weighted by atomic mass is 35.5. The fourth-order valence-electron chi connectivity index (χ4n) is 1.74. The van der Waals surface area contributed by atoms with Crippen LogP contribution >= 0.6 is 23.4 Å². The molecule has 0 saturated carbocycles. The number of aliphatic imine (C=N–C) groups is 1. The van der Waals surface area contributed by atoms with Crippen molar-refractivity contribution >= 4 is 46.2 Å². The van der Waals surface area contributed by atoms with Gasteiger partial charge in [0.25, 0.3) is 5.91 Å². The Balaban J connectivity index is 1.71. The summed E-state index contributed by atoms with van der Waals surface area (Å²) in [7, 11) is 0. The molecule has 1 N–H and O–H groups in total. The van der Waals surface area contributed by atoms with Crippen molar-refractivity contribution in [3.05, 3.63) is 70.5 Å². The van der Waals surface area contributed by atoms with E-state index in [-0.39, 0.29) is 5.91 Å². The van der Waals surface area contributed by atoms with Crippen LogP contribution in [0, 0.1) is 0 Å². The Labute approximate surface area is 136 Å². The van der Waals surface area contributed by atoms with Gasteiger partial charge in [0.1, 0.15) is 5.76 Å². The molecule has 1 aliphatic rings. The van der Waals surface area contributed by atoms with Crippen molar-refractivity contribution < 1.29 is 9.21 Å². The Morgan fingerprint density at radius 2 is 2.05 bits per heavy atom. The van der Waals surface area contributed by atoms with Crippen molar-refractivity contribution in [1.82, 2.24) is 5.32 Å². The molecule has 1 aliphatic heterocycles. The first-order chi connectivity index (χ1) is 10.7. The molecule has 3 rings (SSSR count). The lowest BCUT2D eigenvalue weighted by Crippen LogP contribution is -2.19. The number of nitrogens with one attached hydrogen (secondary N) is 1. The number of allylic oxidation sites excluding steroid dienone is 2. The van der Waals surface area contributed by atoms with E-state index in [0.717, 1.165) is 11.4 Å². The quantitative estimate of drug-likeness (QED) is 0.850. The molecule has 0 spiro atoms. The van der Waals surface area contributed by atoms with Crippen molar-refractivity contribution in [3.8, 4) is 0 Å². The van der Waals surface area contributed by atoms with E-state index >= 15 is 0 Å². The summed E-state index contributed by atoms with van der Waals surface area (Å²) in [6, 6.07) is 10.7. The van der Waals surface area contributed by atoms with Gasteiger partial charge in [-0.3, -0.25) is 4.79 Å². The lowest BCUT2D eigenvalue weighted by Gasteiger charge is -1.96. The Morgan fingerprint density at radius 3 is 2.77 bits per heavy atom. The third kappa shape index (κ3) is 3.69. The monoisotopic (exact) mass is 330 g/mol. The third-order valence-corrected chi connectivity index (χ3v) is 3.94. The second-order valence-corrected chi connectivity index (χ2v) is 5.82. The minimum atomic E-state index is -0.165. The summed E-state index contributed by atoms with van der Waals surface area (Å²) in [6.07, 6.45) is 6.88. The average molecular weight is 331 g/mol. The van der Waals surface area contributed by atoms with Crippen molar-refractivity contribution in [1.29, 1.82) is 0 Å². The van der Waals surface area contributed by atoms with E-state index in [9.17, 15) is 4.79 Å². The Kier molecular flexibility index (Phi) is 4.46. The Bertz CT molecular complexity index is 762. The van der Waals surface area contributed by atoms with E-state index in [1.165, 1.54) is 11.8 Å². The molecule has 4 nitrogen and oxygen atoms in total. The maximum absolute atomic E-state index is 11.9. The van der Waals surface area contributed by atoms with Gasteiger partial charge in [0, 0.05) is 5.02 Å². The van der Waals surface area contributed by atoms with E-state index < -0.39 is 0 Å². The van der Waals surface area contributed by atoms with E-state index in [1.807, 2.05) is 6.07 Å². The van der Waals surface area contributed by atoms with Gasteiger partial charge in [-0.2, -0.15) is 0 Å². The van der Waals surface area contributed by atoms with Gasteiger partial charge in [0.15, 0.2) is 5.17 Å². The molecule has 0 unspecified atom stereocenters. The number of rotatable bonds is 3. The summed E-state index contributed by atoms with van der Waals surface area (Å²) in [5, 5.41) is 3.92. The van der Waals surface area contributed by atoms with Crippen LogP contribution < -0.4 is 5.32 Å². The molecule has 1 aromatic carbocycles. The van der Waals surface area contributed by atoms with Crippen molar-refractivity contribution in [2.24, 2.45) is 4.99 Å². The first-order valence-corrected chi connectivity index (χ1v) is 7.65. The number of carbonyl (C=O) groups excluding carboxylic acids is 1. The smallest absolute Gasteiger partial charge is 0.264 e. The summed E-state index contributed by atoms with van der Waals surface area (Å²) in [6.45, 7) is 0. The fourth-order valence-corrected chi connectivity index (χ4v) is 2.66. The standard InChI is InChI=1S/C16H11ClN2O2S/c17-11-6-8-12(9-7-11)18-16-19-15(20)14(22-16)5-1-3-13-4-2-10-21-13/h1-10H,(H,18,19,20)/b3-1+,14-5+. The number of nitrogens with zero attached hydrogens (tertiary/aromatic N) is 1. The summed E-state index contributed by atoms with van der Waals surface area (Å²) in [5.41, 5.74) is 0.736. The number of carbonyl (C=O) groups is 1. The molecule has 22 heavy (non-hydrogen) atoms. The zero-order valence-corrected chi connectivity index (χ0v) is 12.9. The molecular weight excluding hydrogens is 320 g/mol. The molecule has 6 heteroatoms. The predicted octanol–water partition coefficient (Wildman–Crippen LogP) is 4.38. The van der Waals surface area contributed by atoms with Gasteiger partial charge in [-0.1, -0.05) is 17.7 Å². The number of hydrogen-bond donors (Lipinski definition) is 1. The molecular formula is C16H11ClN2O2S. The van der Waals surface area contributed by atoms with Crippen LogP contribution in [-0.4, -0.2) is 11.1 Å². The van der Waals surface area contributed by atoms with Gasteiger partial charge >= 0.3 is 0 Å². The average Bonchev–Trinajstić information content (AvgIpc) is 3.12. The van der Waals surface area contributed by atoms with Crippen LogP contribution in [0.25, 0.3) is 6.08 Å². The minimum Gasteiger partial charge on any atom is -0.465 e. The van der Waals surface area contributed by atoms with E-state index in [4.69, 9.17) is 16.0 Å². The minimum absolute atomic E-state index is 0.165. The molecule has 0 radical (unpaired) electrons. The van der Waals surface area contributed by atoms with Gasteiger partial charge in [-0.05, 0) is 60.3 Å². The van der Waals surface area contributed by atoms with Crippen molar-refractivity contribution in [3.63, 3.8) is 0 Å². The van der Waals surface area contributed by atoms with Crippen LogP contribution in [-0.2, 0) is 4.79 Å². The predicted molar refractivity (Wildman–Crippen MR) is 90.1 cm³/mol. The third-order valence-electron chi connectivity index (χ3n) is 2.76. The highest BCUT2D eigenvalue weighted by Crippen LogP contribution is 2.26. The molecule has 2 aromatic rings. The molecule has 1 fully saturated rings. The fraction of sp³-hybridized carbons (Fsp3) is 0. The summed E-state index contributed by atoms with van der Waals surface area (Å²) >= 11 is 7.12. The van der Waals surface area contributed by atoms with Gasteiger partial charge in [0.2, 0.25) is 0 Å². The summed E-state index contributed by atoms with van der Waals surface area (Å²) < 4.78 is 5.18. The SMILES string of the molecule is O=C1NC(=Nc2ccc(Cl)cc2)S/C1=C/C=C/c1ccco1. The summed E-state index contributed by atoms with van der Waals surface area (Å²) in [5.74, 6) is 0.567. The number of hydrogen-bond acceptors (Lipinski definition) is 4. The first-order valence-electron chi connectivity index (χ1n) is 6.46. The van der Waals surface area contributed by atoms with Crippen molar-refractivity contribution in [2.45, 2.75) is 0 Å². The maximum Gasteiger partial charge on any atom is 0.264 e. The molecule has 0 bridgehead atoms. The Morgan fingerprint density at radius 1 is 1.23 bits per heavy atom. The zero-order valence-electron chi connectivity index (χ0n) is 11.3. The largest absolute Gasteiger partial charge is 0.465 e. The molecule has 1 saturated heterocycles. The normalized spacial score (nSPS) is 18.5. The van der Waals surface area contributed by atoms with Crippen LogP contribution in [0.5, 0.6) is 0 Å². The number of amidine groups is 1. The molecule has 110 valence electrons. The highest BCUT2D eigenvalue weighted by Gasteiger charge is 2.22. The molecule has 0 atom stereocenters. The number of amides is 1. The van der Waals surface area contributed by atoms with E-state index in [2.05, 4.69) is 10.3 Å². The maximum atomic E-state index is 11.9. The van der Waals surface area contributed by atoms with E-state index in [0.29, 0.717) is 15.1 Å². The van der Waals surface area contributed by atoms with Crippen LogP contribution in [0.15, 0.2) is 69.1 Å². The number of thioether (sulfide) groups is 1. The number of furan rings is 1. The first kappa shape index (κ1) is 14.7. The molecule has 1 aromatic heterocycles.